The lowest BCUT2D eigenvalue weighted by Crippen LogP contribution is -2.40. The van der Waals surface area contributed by atoms with Crippen molar-refractivity contribution in [2.24, 2.45) is 0 Å². The van der Waals surface area contributed by atoms with E-state index in [-0.39, 0.29) is 23.6 Å². The van der Waals surface area contributed by atoms with E-state index in [4.69, 9.17) is 18.9 Å². The lowest BCUT2D eigenvalue weighted by molar-refractivity contribution is -0.166. The van der Waals surface area contributed by atoms with E-state index in [2.05, 4.69) is 20.3 Å². The number of anilines is 1. The van der Waals surface area contributed by atoms with Crippen LogP contribution in [0.3, 0.4) is 0 Å². The highest BCUT2D eigenvalue weighted by atomic mass is 16.7. The lowest BCUT2D eigenvalue weighted by atomic mass is 10.1. The average Bonchev–Trinajstić information content (AvgIpc) is 3.40. The zero-order valence-electron chi connectivity index (χ0n) is 19.6. The molecule has 0 spiro atoms. The zero-order valence-corrected chi connectivity index (χ0v) is 19.6. The molecule has 1 aliphatic heterocycles. The van der Waals surface area contributed by atoms with Gasteiger partial charge in [0, 0.05) is 26.3 Å². The number of nitrogens with one attached hydrogen (secondary N) is 1. The van der Waals surface area contributed by atoms with Gasteiger partial charge in [0.1, 0.15) is 19.0 Å². The van der Waals surface area contributed by atoms with Gasteiger partial charge in [-0.05, 0) is 12.1 Å². The molecule has 13 heteroatoms. The van der Waals surface area contributed by atoms with E-state index in [1.54, 1.807) is 30.3 Å². The average molecular weight is 499 g/mol. The van der Waals surface area contributed by atoms with E-state index in [0.29, 0.717) is 5.56 Å². The predicted octanol–water partition coefficient (Wildman–Crippen LogP) is 1.40. The Morgan fingerprint density at radius 2 is 1.64 bits per heavy atom. The number of esters is 3. The Kier molecular flexibility index (Phi) is 7.20. The third-order valence-corrected chi connectivity index (χ3v) is 5.24. The summed E-state index contributed by atoms with van der Waals surface area (Å²) in [7, 11) is 0. The van der Waals surface area contributed by atoms with Gasteiger partial charge in [-0.1, -0.05) is 18.2 Å². The number of benzene rings is 1. The summed E-state index contributed by atoms with van der Waals surface area (Å²) in [5.74, 6) is -2.09. The van der Waals surface area contributed by atoms with Crippen molar-refractivity contribution in [1.29, 1.82) is 0 Å². The number of fused-ring (bicyclic) bond motifs is 1. The van der Waals surface area contributed by atoms with Crippen molar-refractivity contribution in [1.82, 2.24) is 19.5 Å². The molecule has 4 rings (SSSR count). The molecule has 1 aliphatic rings. The van der Waals surface area contributed by atoms with Crippen molar-refractivity contribution >= 4 is 40.8 Å². The molecule has 0 aliphatic carbocycles. The second kappa shape index (κ2) is 10.5. The van der Waals surface area contributed by atoms with E-state index in [1.165, 1.54) is 38.0 Å². The minimum Gasteiger partial charge on any atom is -0.463 e. The Balaban J connectivity index is 1.68. The van der Waals surface area contributed by atoms with Gasteiger partial charge in [0.15, 0.2) is 35.4 Å². The smallest absolute Gasteiger partial charge is 0.303 e. The van der Waals surface area contributed by atoms with Gasteiger partial charge in [0.05, 0.1) is 6.33 Å². The van der Waals surface area contributed by atoms with Crippen LogP contribution in [-0.2, 0) is 33.3 Å². The molecule has 0 unspecified atom stereocenters. The van der Waals surface area contributed by atoms with E-state index in [1.807, 2.05) is 0 Å². The minimum absolute atomic E-state index is 0.155. The summed E-state index contributed by atoms with van der Waals surface area (Å²) in [6, 6.07) is 8.57. The third-order valence-electron chi connectivity index (χ3n) is 5.24. The molecule has 3 aromatic rings. The van der Waals surface area contributed by atoms with Crippen molar-refractivity contribution in [3.05, 3.63) is 48.5 Å². The van der Waals surface area contributed by atoms with Crippen molar-refractivity contribution < 1.29 is 38.1 Å². The molecule has 1 fully saturated rings. The summed E-state index contributed by atoms with van der Waals surface area (Å²) in [4.78, 5) is 60.4. The first-order valence-corrected chi connectivity index (χ1v) is 10.9. The summed E-state index contributed by atoms with van der Waals surface area (Å²) in [5, 5.41) is 2.71. The van der Waals surface area contributed by atoms with Crippen LogP contribution in [0.4, 0.5) is 5.82 Å². The van der Waals surface area contributed by atoms with Crippen LogP contribution in [0.5, 0.6) is 0 Å². The number of imidazole rings is 1. The molecule has 0 bridgehead atoms. The quantitative estimate of drug-likeness (QED) is 0.284. The zero-order chi connectivity index (χ0) is 25.8. The maximum atomic E-state index is 12.6. The SMILES string of the molecule is CC(=O)OC[C@H]1O[C@@H](n2cnc3c([15NH]C(=O)c4ccccc4)[15n]cnc32)[C@H](OC(C)=O)[C@@H]1OC(C)=O. The van der Waals surface area contributed by atoms with Crippen LogP contribution < -0.4 is 5.32 Å². The van der Waals surface area contributed by atoms with E-state index >= 15 is 0 Å². The number of carbonyl (C=O) groups is 4. The van der Waals surface area contributed by atoms with Gasteiger partial charge < -0.3 is 24.3 Å². The number of hydrogen-bond acceptors (Lipinski definition) is 11. The number of ether oxygens (including phenoxy) is 4. The van der Waals surface area contributed by atoms with Crippen LogP contribution in [0.1, 0.15) is 37.4 Å². The molecule has 0 radical (unpaired) electrons. The molecule has 188 valence electrons. The van der Waals surface area contributed by atoms with Crippen molar-refractivity contribution in [3.63, 3.8) is 0 Å². The van der Waals surface area contributed by atoms with Crippen LogP contribution in [-0.4, -0.2) is 68.3 Å². The summed E-state index contributed by atoms with van der Waals surface area (Å²) in [5.41, 5.74) is 0.930. The van der Waals surface area contributed by atoms with Crippen LogP contribution in [0.2, 0.25) is 0 Å². The fourth-order valence-corrected chi connectivity index (χ4v) is 3.82. The van der Waals surface area contributed by atoms with Gasteiger partial charge in [-0.3, -0.25) is 23.7 Å². The van der Waals surface area contributed by atoms with Crippen molar-refractivity contribution in [2.75, 3.05) is 11.9 Å². The number of aromatic nitrogens is 4. The fraction of sp³-hybridized carbons (Fsp3) is 0.348. The van der Waals surface area contributed by atoms with Gasteiger partial charge in [0.25, 0.3) is 5.91 Å². The summed E-state index contributed by atoms with van der Waals surface area (Å²) < 4.78 is 23.4. The van der Waals surface area contributed by atoms with Gasteiger partial charge in [-0.2, -0.15) is 0 Å². The molecule has 13 nitrogen and oxygen atoms in total. The Morgan fingerprint density at radius 3 is 2.31 bits per heavy atom. The first-order chi connectivity index (χ1) is 17.2. The molecule has 1 amide bonds. The molecule has 1 saturated heterocycles. The highest BCUT2D eigenvalue weighted by Crippen LogP contribution is 2.36. The normalized spacial score (nSPS) is 21.1. The van der Waals surface area contributed by atoms with E-state index < -0.39 is 48.4 Å². The second-order valence-corrected chi connectivity index (χ2v) is 7.88. The van der Waals surface area contributed by atoms with Crippen molar-refractivity contribution in [2.45, 2.75) is 45.3 Å². The largest absolute Gasteiger partial charge is 0.463 e. The second-order valence-electron chi connectivity index (χ2n) is 7.88. The predicted molar refractivity (Wildman–Crippen MR) is 121 cm³/mol. The summed E-state index contributed by atoms with van der Waals surface area (Å²) in [6.07, 6.45) is -1.57. The molecule has 4 atom stereocenters. The molecular weight excluding hydrogens is 476 g/mol. The maximum absolute atomic E-state index is 12.6. The monoisotopic (exact) mass is 499 g/mol. The van der Waals surface area contributed by atoms with Crippen LogP contribution in [0.25, 0.3) is 11.2 Å². The van der Waals surface area contributed by atoms with Gasteiger partial charge in [-0.25, -0.2) is 15.0 Å². The number of hydrogen-bond donors (Lipinski definition) is 1. The Labute approximate surface area is 204 Å². The molecule has 36 heavy (non-hydrogen) atoms. The molecule has 2 aromatic heterocycles. The van der Waals surface area contributed by atoms with Gasteiger partial charge in [0.2, 0.25) is 0 Å². The maximum Gasteiger partial charge on any atom is 0.303 e. The highest BCUT2D eigenvalue weighted by Gasteiger charge is 2.51. The third kappa shape index (κ3) is 5.30. The number of amides is 1. The van der Waals surface area contributed by atoms with Gasteiger partial charge in [-0.15, -0.1) is 0 Å². The first-order valence-electron chi connectivity index (χ1n) is 10.9. The van der Waals surface area contributed by atoms with Crippen molar-refractivity contribution in [3.8, 4) is 0 Å². The molecular formula is C23H23N5O8. The number of carbonyl (C=O) groups excluding carboxylic acids is 4. The van der Waals surface area contributed by atoms with Crippen LogP contribution >= 0.6 is 0 Å². The Bertz CT molecular complexity index is 1290. The number of nitrogens with zero attached hydrogens (tertiary/aromatic N) is 4. The molecule has 1 N–H and O–H groups in total. The minimum atomic E-state index is -1.11. The van der Waals surface area contributed by atoms with Crippen LogP contribution in [0.15, 0.2) is 43.0 Å². The Morgan fingerprint density at radius 1 is 0.944 bits per heavy atom. The molecule has 0 saturated carbocycles. The van der Waals surface area contributed by atoms with E-state index in [0.717, 1.165) is 0 Å². The standard InChI is InChI=1S/C23H23N5O8/c1-12(29)33-9-16-18(34-13(2)30)19(35-14(3)31)23(36-16)28-11-26-17-20(24-10-25-21(17)28)27-22(32)15-7-5-4-6-8-15/h4-8,10-11,16,18-19,23H,9H2,1-3H3,(H,24,25,27,32)/t16-,18-,19-,23-/m1/s1/i24+1,27+1. The summed E-state index contributed by atoms with van der Waals surface area (Å²) in [6.45, 7) is 3.37. The Hall–Kier alpha value is -4.39. The van der Waals surface area contributed by atoms with E-state index in [9.17, 15) is 19.2 Å². The lowest BCUT2D eigenvalue weighted by Gasteiger charge is -2.23. The van der Waals surface area contributed by atoms with Crippen LogP contribution in [0, 0.1) is 0 Å². The topological polar surface area (TPSA) is 161 Å². The molecule has 1 aromatic carbocycles. The fourth-order valence-electron chi connectivity index (χ4n) is 3.82. The molecule has 3 heterocycles. The first kappa shape index (κ1) is 24.7. The summed E-state index contributed by atoms with van der Waals surface area (Å²) >= 11 is 0. The number of rotatable bonds is 7. The van der Waals surface area contributed by atoms with Gasteiger partial charge >= 0.3 is 17.9 Å². The highest BCUT2D eigenvalue weighted by molar-refractivity contribution is 6.06.